The second-order valence-corrected chi connectivity index (χ2v) is 34.7. The standard InChI is InChI=1S/C21H21ClN2O2.C20H21BrN2.C19H16ClFN2O2.C19H16ClN3O4.C18H17BrN2O2/c1-3-26-21(25)24-10-9-16-17-12-15(22)7-8-18(17)23-19(16)20(24)14-6-4-5-13(2)11-14;1-12(2)13-3-5-14(6-4-13)19-20-16(9-10-22-19)17-11-15(21)7-8-18(17)23-20;1-25-19(24)23-9-8-12-14-10-11(20)6-7-16(14)22-17(12)18(23)13-4-2-3-5-15(13)21;1-27-19(24)22-9-8-14-15-10-12(20)4-7-16(15)21-17(14)18(22)11-2-5-13(6-3-11)23(25)26;1-23-13-5-2-11(3-6-13)18-17-14(8-9-21(18)22)15-10-12(19)4-7-16(15)20-17/h4-8,11-12,20,23H,3,9-10H2,1-2H3;3-8,11-12,19,22-23H,9-10H2,1-2H3;2-7,10,18,22H,8-9H2,1H3;2-7,10,18,21H,8-9H2,1H3;2-7,10,18,20,22H,8-9H2,1H3. The van der Waals surface area contributed by atoms with Crippen molar-refractivity contribution in [3.05, 3.63) is 347 Å². The summed E-state index contributed by atoms with van der Waals surface area (Å²) in [6.07, 6.45) is 2.79. The van der Waals surface area contributed by atoms with E-state index in [1.165, 1.54) is 87.3 Å². The summed E-state index contributed by atoms with van der Waals surface area (Å²) in [6, 6.07) is 66.7. The van der Waals surface area contributed by atoms with Crippen molar-refractivity contribution >= 4 is 145 Å². The van der Waals surface area contributed by atoms with Crippen molar-refractivity contribution in [2.75, 3.05) is 60.7 Å². The highest BCUT2D eigenvalue weighted by molar-refractivity contribution is 9.10. The second-order valence-electron chi connectivity index (χ2n) is 31.5. The maximum absolute atomic E-state index is 14.5. The van der Waals surface area contributed by atoms with Crippen LogP contribution in [0.25, 0.3) is 54.5 Å². The van der Waals surface area contributed by atoms with E-state index in [1.807, 2.05) is 103 Å². The summed E-state index contributed by atoms with van der Waals surface area (Å²) in [4.78, 5) is 70.2. The number of amides is 3. The van der Waals surface area contributed by atoms with Gasteiger partial charge in [-0.25, -0.2) is 18.8 Å². The van der Waals surface area contributed by atoms with Gasteiger partial charge in [0.2, 0.25) is 0 Å². The molecule has 20 rings (SSSR count). The van der Waals surface area contributed by atoms with E-state index in [-0.39, 0.29) is 35.7 Å². The van der Waals surface area contributed by atoms with Crippen LogP contribution in [-0.4, -0.2) is 134 Å². The molecule has 0 aliphatic carbocycles. The molecule has 5 aromatic heterocycles. The number of benzene rings is 10. The highest BCUT2D eigenvalue weighted by Gasteiger charge is 2.40. The average molecular weight is 1860 g/mol. The minimum Gasteiger partial charge on any atom is -0.497 e. The Kier molecular flexibility index (Phi) is 25.8. The van der Waals surface area contributed by atoms with Crippen molar-refractivity contribution in [3.8, 4) is 5.75 Å². The van der Waals surface area contributed by atoms with Gasteiger partial charge in [0.05, 0.1) is 38.9 Å². The summed E-state index contributed by atoms with van der Waals surface area (Å²) < 4.78 is 37.1. The van der Waals surface area contributed by atoms with Crippen LogP contribution in [-0.2, 0) is 46.3 Å². The second kappa shape index (κ2) is 37.2. The first-order valence-corrected chi connectivity index (χ1v) is 43.8. The number of hydrogen-bond donors (Lipinski definition) is 7. The number of nitro groups is 1. The van der Waals surface area contributed by atoms with E-state index >= 15 is 0 Å². The van der Waals surface area contributed by atoms with E-state index in [0.717, 1.165) is 140 Å². The van der Waals surface area contributed by atoms with E-state index in [4.69, 9.17) is 53.8 Å². The Balaban J connectivity index is 0.000000115. The van der Waals surface area contributed by atoms with E-state index in [2.05, 4.69) is 156 Å². The van der Waals surface area contributed by atoms with Crippen LogP contribution < -0.4 is 10.1 Å². The SMILES string of the molecule is CC(C)c1ccc(C2NCCc3c2[nH]c2ccc(Br)cc32)cc1.CCOC(=O)N1CCc2c([nH]c3ccc(Cl)cc23)C1c1cccc(C)c1.COC(=O)N1CCc2c([nH]c3ccc(Cl)cc23)C1c1ccc([N+](=O)[O-])cc1.COC(=O)N1CCc2c([nH]c3ccc(Cl)cc23)C1c1ccccc1F.COc1ccc(C2c3[nH]c4ccc(Br)cc4c3CCN2O)cc1. The molecular weight excluding hydrogens is 1760 g/mol. The van der Waals surface area contributed by atoms with Gasteiger partial charge in [0.1, 0.15) is 35.7 Å². The molecule has 0 saturated carbocycles. The number of H-pyrrole nitrogens is 5. The average Bonchev–Trinajstić information content (AvgIpc) is 1.55. The van der Waals surface area contributed by atoms with Crippen LogP contribution in [0.5, 0.6) is 5.75 Å². The predicted octanol–water partition coefficient (Wildman–Crippen LogP) is 23.9. The van der Waals surface area contributed by atoms with Crippen molar-refractivity contribution in [2.45, 2.75) is 95.9 Å². The number of nitro benzene ring substituents is 1. The Morgan fingerprint density at radius 1 is 0.492 bits per heavy atom. The number of rotatable bonds is 9. The third-order valence-corrected chi connectivity index (χ3v) is 25.6. The van der Waals surface area contributed by atoms with Gasteiger partial charge in [0.15, 0.2) is 0 Å². The van der Waals surface area contributed by atoms with Crippen LogP contribution in [0, 0.1) is 22.9 Å². The van der Waals surface area contributed by atoms with E-state index in [1.54, 1.807) is 47.2 Å². The van der Waals surface area contributed by atoms with Crippen molar-refractivity contribution < 1.29 is 47.9 Å². The number of carbonyl (C=O) groups is 3. The molecule has 27 heteroatoms. The summed E-state index contributed by atoms with van der Waals surface area (Å²) in [5, 5.41) is 34.2. The van der Waals surface area contributed by atoms with Crippen LogP contribution >= 0.6 is 66.7 Å². The lowest BCUT2D eigenvalue weighted by Crippen LogP contribution is -2.41. The van der Waals surface area contributed by atoms with Crippen LogP contribution in [0.2, 0.25) is 15.1 Å². The third kappa shape index (κ3) is 17.5. The Bertz CT molecular complexity index is 6510. The van der Waals surface area contributed by atoms with Crippen LogP contribution in [0.4, 0.5) is 24.5 Å². The predicted molar refractivity (Wildman–Crippen MR) is 492 cm³/mol. The largest absolute Gasteiger partial charge is 0.497 e. The number of non-ortho nitro benzene ring substituents is 1. The van der Waals surface area contributed by atoms with Crippen LogP contribution in [0.15, 0.2) is 221 Å². The molecule has 636 valence electrons. The number of methoxy groups -OCH3 is 3. The topological polar surface area (TPSA) is 255 Å². The van der Waals surface area contributed by atoms with Crippen molar-refractivity contribution in [1.82, 2.24) is 50.0 Å². The van der Waals surface area contributed by atoms with Crippen molar-refractivity contribution in [3.63, 3.8) is 0 Å². The zero-order valence-electron chi connectivity index (χ0n) is 69.1. The summed E-state index contributed by atoms with van der Waals surface area (Å²) in [6.45, 7) is 11.9. The van der Waals surface area contributed by atoms with Crippen molar-refractivity contribution in [2.24, 2.45) is 0 Å². The van der Waals surface area contributed by atoms with Gasteiger partial charge in [0.25, 0.3) is 5.69 Å². The first-order chi connectivity index (χ1) is 60.0. The number of nitrogens with zero attached hydrogens (tertiary/aromatic N) is 5. The lowest BCUT2D eigenvalue weighted by atomic mass is 9.92. The molecule has 0 bridgehead atoms. The molecule has 10 heterocycles. The zero-order chi connectivity index (χ0) is 86.9. The minimum atomic E-state index is -0.566. The molecule has 3 amide bonds. The highest BCUT2D eigenvalue weighted by atomic mass is 79.9. The van der Waals surface area contributed by atoms with E-state index in [9.17, 15) is 34.1 Å². The smallest absolute Gasteiger partial charge is 0.410 e. The van der Waals surface area contributed by atoms with Crippen LogP contribution in [0.1, 0.15) is 152 Å². The quantitative estimate of drug-likeness (QED) is 0.0405. The molecule has 5 unspecified atom stereocenters. The van der Waals surface area contributed by atoms with Gasteiger partial charge in [-0.2, -0.15) is 5.06 Å². The molecule has 0 radical (unpaired) electrons. The number of aromatic nitrogens is 5. The Morgan fingerprint density at radius 2 is 0.919 bits per heavy atom. The number of fused-ring (bicyclic) bond motifs is 15. The molecule has 10 aromatic carbocycles. The fourth-order valence-electron chi connectivity index (χ4n) is 18.1. The number of hydrogen-bond acceptors (Lipinski definition) is 12. The van der Waals surface area contributed by atoms with Gasteiger partial charge in [-0.1, -0.05) is 165 Å². The minimum absolute atomic E-state index is 0.00262. The Labute approximate surface area is 747 Å². The molecule has 0 saturated heterocycles. The normalized spacial score (nSPS) is 17.0. The lowest BCUT2D eigenvalue weighted by Gasteiger charge is -2.35. The molecule has 5 aliphatic rings. The molecule has 15 aromatic rings. The first kappa shape index (κ1) is 86.1. The molecule has 124 heavy (non-hydrogen) atoms. The fraction of sp³-hybridized carbons (Fsp3) is 0.247. The summed E-state index contributed by atoms with van der Waals surface area (Å²) >= 11 is 25.7. The van der Waals surface area contributed by atoms with E-state index < -0.39 is 29.2 Å². The van der Waals surface area contributed by atoms with Gasteiger partial charge >= 0.3 is 18.3 Å². The number of hydroxylamine groups is 2. The molecule has 5 aliphatic heterocycles. The fourth-order valence-corrected chi connectivity index (χ4v) is 19.3. The molecule has 0 fully saturated rings. The Hall–Kier alpha value is -11.5. The molecule has 0 spiro atoms. The van der Waals surface area contributed by atoms with Gasteiger partial charge in [-0.15, -0.1) is 0 Å². The maximum atomic E-state index is 14.5. The van der Waals surface area contributed by atoms with Crippen LogP contribution in [0.3, 0.4) is 0 Å². The summed E-state index contributed by atoms with van der Waals surface area (Å²) in [5.41, 5.74) is 23.7. The molecule has 5 atom stereocenters. The maximum Gasteiger partial charge on any atom is 0.410 e. The number of nitrogens with one attached hydrogen (secondary N) is 6. The number of aromatic amines is 5. The number of aryl methyl sites for hydroxylation is 1. The van der Waals surface area contributed by atoms with E-state index in [0.29, 0.717) is 67.2 Å². The van der Waals surface area contributed by atoms with Gasteiger partial charge < -0.3 is 54.4 Å². The summed E-state index contributed by atoms with van der Waals surface area (Å²) in [7, 11) is 4.33. The van der Waals surface area contributed by atoms with Gasteiger partial charge in [-0.05, 0) is 229 Å². The summed E-state index contributed by atoms with van der Waals surface area (Å²) in [5.74, 6) is 1.03. The number of carbonyl (C=O) groups excluding carboxylic acids is 3. The van der Waals surface area contributed by atoms with Gasteiger partial charge in [-0.3, -0.25) is 24.8 Å². The zero-order valence-corrected chi connectivity index (χ0v) is 74.5. The van der Waals surface area contributed by atoms with Crippen molar-refractivity contribution in [1.29, 1.82) is 0 Å². The highest BCUT2D eigenvalue weighted by Crippen LogP contribution is 2.46. The lowest BCUT2D eigenvalue weighted by molar-refractivity contribution is -0.384. The van der Waals surface area contributed by atoms with Gasteiger partial charge in [0, 0.05) is 157 Å². The number of halogens is 6. The molecule has 7 N–H and O–H groups in total. The molecule has 21 nitrogen and oxygen atoms in total. The number of ether oxygens (including phenoxy) is 4. The monoisotopic (exact) mass is 1850 g/mol. The molecular formula is C97H91Br2Cl3FN11O10. The first-order valence-electron chi connectivity index (χ1n) is 41.1. The third-order valence-electron chi connectivity index (χ3n) is 23.9. The Morgan fingerprint density at radius 3 is 1.40 bits per heavy atom.